The van der Waals surface area contributed by atoms with Gasteiger partial charge in [0.15, 0.2) is 0 Å². The van der Waals surface area contributed by atoms with E-state index in [2.05, 4.69) is 17.6 Å². The quantitative estimate of drug-likeness (QED) is 0.683. The van der Waals surface area contributed by atoms with Gasteiger partial charge < -0.3 is 15.7 Å². The summed E-state index contributed by atoms with van der Waals surface area (Å²) in [5.41, 5.74) is -0.666. The standard InChI is InChI=1S/C13H24N2O2/c1-10-4-6-13(17,7-5-10)9-15-12(16)11-3-2-8-14-11/h10-11,14,17H,2-9H2,1H3,(H,15,16). The second-order valence-electron chi connectivity index (χ2n) is 5.77. The Labute approximate surface area is 103 Å². The maximum Gasteiger partial charge on any atom is 0.237 e. The lowest BCUT2D eigenvalue weighted by Gasteiger charge is -2.35. The minimum atomic E-state index is -0.666. The number of hydrogen-bond acceptors (Lipinski definition) is 3. The first kappa shape index (κ1) is 12.8. The number of rotatable bonds is 3. The van der Waals surface area contributed by atoms with Gasteiger partial charge in [-0.15, -0.1) is 0 Å². The molecule has 4 heteroatoms. The molecule has 1 heterocycles. The zero-order chi connectivity index (χ0) is 12.3. The van der Waals surface area contributed by atoms with Crippen molar-refractivity contribution in [1.82, 2.24) is 10.6 Å². The van der Waals surface area contributed by atoms with Gasteiger partial charge in [-0.1, -0.05) is 6.92 Å². The summed E-state index contributed by atoms with van der Waals surface area (Å²) in [5.74, 6) is 0.761. The van der Waals surface area contributed by atoms with Crippen molar-refractivity contribution in [1.29, 1.82) is 0 Å². The van der Waals surface area contributed by atoms with Gasteiger partial charge in [-0.3, -0.25) is 4.79 Å². The molecule has 0 aromatic heterocycles. The molecule has 1 saturated carbocycles. The number of carbonyl (C=O) groups excluding carboxylic acids is 1. The first-order valence-corrected chi connectivity index (χ1v) is 6.82. The van der Waals surface area contributed by atoms with Crippen molar-refractivity contribution in [2.24, 2.45) is 5.92 Å². The van der Waals surface area contributed by atoms with Crippen molar-refractivity contribution in [2.75, 3.05) is 13.1 Å². The molecule has 17 heavy (non-hydrogen) atoms. The summed E-state index contributed by atoms with van der Waals surface area (Å²) in [6, 6.07) is -0.0406. The average Bonchev–Trinajstić information content (AvgIpc) is 2.84. The third-order valence-corrected chi connectivity index (χ3v) is 4.17. The zero-order valence-corrected chi connectivity index (χ0v) is 10.7. The molecule has 2 aliphatic rings. The molecule has 0 radical (unpaired) electrons. The van der Waals surface area contributed by atoms with E-state index in [1.807, 2.05) is 0 Å². The van der Waals surface area contributed by atoms with E-state index < -0.39 is 5.60 Å². The molecule has 3 N–H and O–H groups in total. The molecule has 1 amide bonds. The molecule has 0 aromatic carbocycles. The highest BCUT2D eigenvalue weighted by atomic mass is 16.3. The number of nitrogens with one attached hydrogen (secondary N) is 2. The largest absolute Gasteiger partial charge is 0.388 e. The van der Waals surface area contributed by atoms with Gasteiger partial charge in [0.25, 0.3) is 0 Å². The molecule has 1 unspecified atom stereocenters. The van der Waals surface area contributed by atoms with Crippen LogP contribution in [-0.2, 0) is 4.79 Å². The van der Waals surface area contributed by atoms with Crippen LogP contribution in [0.3, 0.4) is 0 Å². The zero-order valence-electron chi connectivity index (χ0n) is 10.7. The lowest BCUT2D eigenvalue weighted by molar-refractivity contribution is -0.124. The van der Waals surface area contributed by atoms with Gasteiger partial charge in [0.2, 0.25) is 5.91 Å². The summed E-state index contributed by atoms with van der Waals surface area (Å²) in [6.07, 6.45) is 5.74. The van der Waals surface area contributed by atoms with E-state index in [1.165, 1.54) is 0 Å². The maximum absolute atomic E-state index is 11.8. The van der Waals surface area contributed by atoms with Gasteiger partial charge >= 0.3 is 0 Å². The molecular weight excluding hydrogens is 216 g/mol. The van der Waals surface area contributed by atoms with Crippen LogP contribution in [0.15, 0.2) is 0 Å². The summed E-state index contributed by atoms with van der Waals surface area (Å²) in [7, 11) is 0. The van der Waals surface area contributed by atoms with Crippen molar-refractivity contribution < 1.29 is 9.90 Å². The lowest BCUT2D eigenvalue weighted by atomic mass is 9.79. The number of hydrogen-bond donors (Lipinski definition) is 3. The first-order valence-electron chi connectivity index (χ1n) is 6.82. The van der Waals surface area contributed by atoms with Crippen LogP contribution >= 0.6 is 0 Å². The van der Waals surface area contributed by atoms with E-state index in [1.54, 1.807) is 0 Å². The van der Waals surface area contributed by atoms with Crippen LogP contribution in [0.4, 0.5) is 0 Å². The molecule has 98 valence electrons. The molecule has 2 fully saturated rings. The first-order chi connectivity index (χ1) is 8.09. The molecule has 1 saturated heterocycles. The molecule has 1 atom stereocenters. The van der Waals surface area contributed by atoms with Gasteiger partial charge in [0, 0.05) is 6.54 Å². The normalized spacial score (nSPS) is 38.0. The molecule has 1 aliphatic heterocycles. The van der Waals surface area contributed by atoms with Crippen molar-refractivity contribution in [3.8, 4) is 0 Å². The third-order valence-electron chi connectivity index (χ3n) is 4.17. The summed E-state index contributed by atoms with van der Waals surface area (Å²) in [4.78, 5) is 11.8. The Morgan fingerprint density at radius 1 is 1.41 bits per heavy atom. The smallest absolute Gasteiger partial charge is 0.237 e. The van der Waals surface area contributed by atoms with Crippen molar-refractivity contribution in [3.63, 3.8) is 0 Å². The van der Waals surface area contributed by atoms with Crippen molar-refractivity contribution in [3.05, 3.63) is 0 Å². The second-order valence-corrected chi connectivity index (χ2v) is 5.77. The van der Waals surface area contributed by atoms with E-state index in [4.69, 9.17) is 0 Å². The maximum atomic E-state index is 11.8. The van der Waals surface area contributed by atoms with Crippen LogP contribution in [0.5, 0.6) is 0 Å². The Bertz CT molecular complexity index is 267. The minimum Gasteiger partial charge on any atom is -0.388 e. The average molecular weight is 240 g/mol. The summed E-state index contributed by atoms with van der Waals surface area (Å²) < 4.78 is 0. The van der Waals surface area contributed by atoms with Crippen molar-refractivity contribution >= 4 is 5.91 Å². The molecule has 0 spiro atoms. The monoisotopic (exact) mass is 240 g/mol. The van der Waals surface area contributed by atoms with E-state index >= 15 is 0 Å². The van der Waals surface area contributed by atoms with Gasteiger partial charge in [0.1, 0.15) is 0 Å². The Morgan fingerprint density at radius 2 is 2.12 bits per heavy atom. The third kappa shape index (κ3) is 3.42. The van der Waals surface area contributed by atoms with E-state index in [0.29, 0.717) is 12.5 Å². The van der Waals surface area contributed by atoms with Crippen molar-refractivity contribution in [2.45, 2.75) is 57.1 Å². The minimum absolute atomic E-state index is 0.0406. The van der Waals surface area contributed by atoms with Crippen LogP contribution in [0.2, 0.25) is 0 Å². The fourth-order valence-electron chi connectivity index (χ4n) is 2.76. The fourth-order valence-corrected chi connectivity index (χ4v) is 2.76. The number of aliphatic hydroxyl groups is 1. The Balaban J connectivity index is 1.75. The number of amides is 1. The fraction of sp³-hybridized carbons (Fsp3) is 0.923. The Hall–Kier alpha value is -0.610. The Morgan fingerprint density at radius 3 is 2.71 bits per heavy atom. The molecular formula is C13H24N2O2. The molecule has 1 aliphatic carbocycles. The number of carbonyl (C=O) groups is 1. The highest BCUT2D eigenvalue weighted by molar-refractivity contribution is 5.82. The highest BCUT2D eigenvalue weighted by Crippen LogP contribution is 2.31. The van der Waals surface area contributed by atoms with Gasteiger partial charge in [-0.05, 0) is 51.0 Å². The van der Waals surface area contributed by atoms with Crippen LogP contribution in [0, 0.1) is 5.92 Å². The molecule has 0 bridgehead atoms. The van der Waals surface area contributed by atoms with Crippen LogP contribution in [-0.4, -0.2) is 35.7 Å². The van der Waals surface area contributed by atoms with Gasteiger partial charge in [-0.25, -0.2) is 0 Å². The lowest BCUT2D eigenvalue weighted by Crippen LogP contribution is -2.49. The summed E-state index contributed by atoms with van der Waals surface area (Å²) >= 11 is 0. The second kappa shape index (κ2) is 5.36. The van der Waals surface area contributed by atoms with E-state index in [0.717, 1.165) is 45.1 Å². The predicted molar refractivity (Wildman–Crippen MR) is 66.6 cm³/mol. The van der Waals surface area contributed by atoms with Crippen LogP contribution in [0.1, 0.15) is 45.4 Å². The summed E-state index contributed by atoms with van der Waals surface area (Å²) in [5, 5.41) is 16.4. The molecule has 0 aromatic rings. The Kier molecular flexibility index (Phi) is 4.05. The summed E-state index contributed by atoms with van der Waals surface area (Å²) in [6.45, 7) is 3.57. The van der Waals surface area contributed by atoms with Crippen LogP contribution in [0.25, 0.3) is 0 Å². The molecule has 4 nitrogen and oxygen atoms in total. The van der Waals surface area contributed by atoms with Crippen LogP contribution < -0.4 is 10.6 Å². The van der Waals surface area contributed by atoms with Gasteiger partial charge in [-0.2, -0.15) is 0 Å². The topological polar surface area (TPSA) is 61.4 Å². The van der Waals surface area contributed by atoms with E-state index in [-0.39, 0.29) is 11.9 Å². The van der Waals surface area contributed by atoms with E-state index in [9.17, 15) is 9.90 Å². The molecule has 2 rings (SSSR count). The predicted octanol–water partition coefficient (Wildman–Crippen LogP) is 0.796. The highest BCUT2D eigenvalue weighted by Gasteiger charge is 2.33. The van der Waals surface area contributed by atoms with Gasteiger partial charge in [0.05, 0.1) is 11.6 Å². The SMILES string of the molecule is CC1CCC(O)(CNC(=O)C2CCCN2)CC1.